The van der Waals surface area contributed by atoms with Crippen molar-refractivity contribution in [3.8, 4) is 6.07 Å². The highest BCUT2D eigenvalue weighted by Gasteiger charge is 2.11. The Morgan fingerprint density at radius 1 is 1.62 bits per heavy atom. The summed E-state index contributed by atoms with van der Waals surface area (Å²) in [7, 11) is 0. The van der Waals surface area contributed by atoms with Gasteiger partial charge in [-0.3, -0.25) is 4.79 Å². The molecule has 16 heavy (non-hydrogen) atoms. The molecule has 0 aliphatic heterocycles. The first-order valence-corrected chi connectivity index (χ1v) is 6.07. The second-order valence-corrected chi connectivity index (χ2v) is 4.51. The summed E-state index contributed by atoms with van der Waals surface area (Å²) in [5.41, 5.74) is 1.17. The van der Waals surface area contributed by atoms with E-state index in [1.807, 2.05) is 6.07 Å². The average molecular weight is 350 g/mol. The number of carbonyl (C=O) groups is 1. The number of nitriles is 1. The van der Waals surface area contributed by atoms with Gasteiger partial charge in [0.15, 0.2) is 0 Å². The molecule has 84 valence electrons. The highest BCUT2D eigenvalue weighted by Crippen LogP contribution is 2.24. The molecule has 1 aromatic carbocycles. The minimum absolute atomic E-state index is 0.140. The Morgan fingerprint density at radius 2 is 2.31 bits per heavy atom. The van der Waals surface area contributed by atoms with Crippen LogP contribution in [0.2, 0.25) is 5.02 Å². The molecule has 3 nitrogen and oxygen atoms in total. The van der Waals surface area contributed by atoms with E-state index in [2.05, 4.69) is 22.6 Å². The van der Waals surface area contributed by atoms with Crippen LogP contribution < -0.4 is 0 Å². The molecule has 0 heterocycles. The number of hydrogen-bond acceptors (Lipinski definition) is 3. The van der Waals surface area contributed by atoms with Crippen LogP contribution in [0.5, 0.6) is 0 Å². The molecule has 0 spiro atoms. The molecule has 0 saturated heterocycles. The minimum Gasteiger partial charge on any atom is -0.466 e. The van der Waals surface area contributed by atoms with E-state index in [1.165, 1.54) is 0 Å². The van der Waals surface area contributed by atoms with Gasteiger partial charge in [-0.1, -0.05) is 11.6 Å². The summed E-state index contributed by atoms with van der Waals surface area (Å²) >= 11 is 8.00. The van der Waals surface area contributed by atoms with Gasteiger partial charge in [-0.15, -0.1) is 0 Å². The van der Waals surface area contributed by atoms with E-state index in [-0.39, 0.29) is 12.4 Å². The van der Waals surface area contributed by atoms with Crippen molar-refractivity contribution in [2.45, 2.75) is 13.3 Å². The van der Waals surface area contributed by atoms with Crippen LogP contribution in [0.3, 0.4) is 0 Å². The number of nitrogens with zero attached hydrogens (tertiary/aromatic N) is 1. The Balaban J connectivity index is 3.00. The fourth-order valence-electron chi connectivity index (χ4n) is 1.21. The lowest BCUT2D eigenvalue weighted by molar-refractivity contribution is -0.142. The molecule has 0 unspecified atom stereocenters. The van der Waals surface area contributed by atoms with Crippen LogP contribution in [0.15, 0.2) is 12.1 Å². The Bertz CT molecular complexity index is 454. The third-order valence-corrected chi connectivity index (χ3v) is 3.76. The van der Waals surface area contributed by atoms with Gasteiger partial charge in [0.1, 0.15) is 0 Å². The molecule has 0 atom stereocenters. The molecule has 1 rings (SSSR count). The molecule has 1 aromatic rings. The van der Waals surface area contributed by atoms with Crippen LogP contribution in [-0.2, 0) is 16.0 Å². The van der Waals surface area contributed by atoms with Crippen molar-refractivity contribution in [3.05, 3.63) is 31.9 Å². The van der Waals surface area contributed by atoms with Gasteiger partial charge in [-0.25, -0.2) is 0 Å². The molecule has 0 aliphatic rings. The first-order valence-electron chi connectivity index (χ1n) is 4.62. The fraction of sp³-hybridized carbons (Fsp3) is 0.273. The van der Waals surface area contributed by atoms with Crippen molar-refractivity contribution in [2.24, 2.45) is 0 Å². The third kappa shape index (κ3) is 3.35. The maximum absolute atomic E-state index is 11.3. The summed E-state index contributed by atoms with van der Waals surface area (Å²) in [6, 6.07) is 5.24. The normalized spacial score (nSPS) is 9.62. The first kappa shape index (κ1) is 13.3. The predicted octanol–water partition coefficient (Wildman–Crippen LogP) is 2.92. The number of carbonyl (C=O) groups excluding carboxylic acids is 1. The van der Waals surface area contributed by atoms with Crippen LogP contribution >= 0.6 is 34.2 Å². The molecule has 0 aromatic heterocycles. The summed E-state index contributed by atoms with van der Waals surface area (Å²) in [4.78, 5) is 11.3. The molecule has 0 saturated carbocycles. The van der Waals surface area contributed by atoms with Gasteiger partial charge >= 0.3 is 5.97 Å². The monoisotopic (exact) mass is 349 g/mol. The molecule has 0 aliphatic carbocycles. The van der Waals surface area contributed by atoms with Crippen molar-refractivity contribution in [2.75, 3.05) is 6.61 Å². The van der Waals surface area contributed by atoms with Gasteiger partial charge in [-0.05, 0) is 47.2 Å². The van der Waals surface area contributed by atoms with E-state index < -0.39 is 0 Å². The van der Waals surface area contributed by atoms with Gasteiger partial charge in [0.2, 0.25) is 0 Å². The second kappa shape index (κ2) is 6.06. The van der Waals surface area contributed by atoms with Gasteiger partial charge < -0.3 is 4.74 Å². The van der Waals surface area contributed by atoms with Crippen LogP contribution in [-0.4, -0.2) is 12.6 Å². The van der Waals surface area contributed by atoms with Gasteiger partial charge in [0, 0.05) is 3.57 Å². The Hall–Kier alpha value is -0.800. The molecule has 0 bridgehead atoms. The summed E-state index contributed by atoms with van der Waals surface area (Å²) in [5, 5.41) is 9.27. The topological polar surface area (TPSA) is 50.1 Å². The van der Waals surface area contributed by atoms with Gasteiger partial charge in [0.25, 0.3) is 0 Å². The summed E-state index contributed by atoms with van der Waals surface area (Å²) in [5.74, 6) is -0.313. The van der Waals surface area contributed by atoms with Crippen LogP contribution in [0, 0.1) is 14.9 Å². The van der Waals surface area contributed by atoms with Crippen molar-refractivity contribution in [1.29, 1.82) is 5.26 Å². The third-order valence-electron chi connectivity index (χ3n) is 1.87. The quantitative estimate of drug-likeness (QED) is 0.623. The van der Waals surface area contributed by atoms with Crippen molar-refractivity contribution in [3.63, 3.8) is 0 Å². The van der Waals surface area contributed by atoms with Gasteiger partial charge in [0.05, 0.1) is 29.7 Å². The van der Waals surface area contributed by atoms with E-state index in [4.69, 9.17) is 21.6 Å². The molecule has 0 amide bonds. The van der Waals surface area contributed by atoms with E-state index >= 15 is 0 Å². The SMILES string of the molecule is CCOC(=O)Cc1cc(C#N)cc(Cl)c1I. The molecule has 0 radical (unpaired) electrons. The smallest absolute Gasteiger partial charge is 0.310 e. The number of hydrogen-bond donors (Lipinski definition) is 0. The van der Waals surface area contributed by atoms with Crippen LogP contribution in [0.4, 0.5) is 0 Å². The second-order valence-electron chi connectivity index (χ2n) is 3.02. The molecule has 0 fully saturated rings. The lowest BCUT2D eigenvalue weighted by Crippen LogP contribution is -2.09. The molecule has 5 heteroatoms. The van der Waals surface area contributed by atoms with Crippen molar-refractivity contribution in [1.82, 2.24) is 0 Å². The standard InChI is InChI=1S/C11H9ClINO2/c1-2-16-10(15)5-8-3-7(6-14)4-9(12)11(8)13/h3-4H,2,5H2,1H3. The zero-order valence-corrected chi connectivity index (χ0v) is 11.5. The summed E-state index contributed by atoms with van der Waals surface area (Å²) in [6.07, 6.45) is 0.140. The largest absolute Gasteiger partial charge is 0.466 e. The van der Waals surface area contributed by atoms with Crippen molar-refractivity contribution < 1.29 is 9.53 Å². The zero-order chi connectivity index (χ0) is 12.1. The maximum atomic E-state index is 11.3. The van der Waals surface area contributed by atoms with E-state index in [0.29, 0.717) is 17.2 Å². The predicted molar refractivity (Wildman–Crippen MR) is 69.2 cm³/mol. The van der Waals surface area contributed by atoms with E-state index in [0.717, 1.165) is 9.13 Å². The lowest BCUT2D eigenvalue weighted by atomic mass is 10.1. The Labute approximate surface area is 112 Å². The van der Waals surface area contributed by atoms with Crippen molar-refractivity contribution >= 4 is 40.2 Å². The van der Waals surface area contributed by atoms with Crippen LogP contribution in [0.25, 0.3) is 0 Å². The molecular formula is C11H9ClINO2. The minimum atomic E-state index is -0.313. The average Bonchev–Trinajstić information content (AvgIpc) is 2.24. The summed E-state index contributed by atoms with van der Waals surface area (Å²) in [6.45, 7) is 2.10. The number of halogens is 2. The summed E-state index contributed by atoms with van der Waals surface area (Å²) < 4.78 is 5.63. The van der Waals surface area contributed by atoms with E-state index in [9.17, 15) is 4.79 Å². The van der Waals surface area contributed by atoms with Gasteiger partial charge in [-0.2, -0.15) is 5.26 Å². The fourth-order valence-corrected chi connectivity index (χ4v) is 1.95. The highest BCUT2D eigenvalue weighted by atomic mass is 127. The Morgan fingerprint density at radius 3 is 2.88 bits per heavy atom. The Kier molecular flexibility index (Phi) is 5.03. The lowest BCUT2D eigenvalue weighted by Gasteiger charge is -2.06. The van der Waals surface area contributed by atoms with E-state index in [1.54, 1.807) is 19.1 Å². The number of esters is 1. The first-order chi connectivity index (χ1) is 7.58. The number of benzene rings is 1. The van der Waals surface area contributed by atoms with Crippen LogP contribution in [0.1, 0.15) is 18.1 Å². The maximum Gasteiger partial charge on any atom is 0.310 e. The highest BCUT2D eigenvalue weighted by molar-refractivity contribution is 14.1. The zero-order valence-electron chi connectivity index (χ0n) is 8.59. The number of rotatable bonds is 3. The number of ether oxygens (including phenoxy) is 1. The molecule has 0 N–H and O–H groups in total. The molecular weight excluding hydrogens is 340 g/mol.